The Morgan fingerprint density at radius 3 is 2.75 bits per heavy atom. The standard InChI is InChI=1S/C14H22N4O2/c1-10(2)13-14(20)18(6-4-12(19)16-13)9-8-17-7-5-15-11(17)3/h5,7,10,13H,4,6,8-9H2,1-3H3,(H,16,19). The van der Waals surface area contributed by atoms with E-state index in [2.05, 4.69) is 10.3 Å². The van der Waals surface area contributed by atoms with E-state index in [1.807, 2.05) is 31.5 Å². The maximum absolute atomic E-state index is 12.5. The fraction of sp³-hybridized carbons (Fsp3) is 0.643. The maximum Gasteiger partial charge on any atom is 0.245 e. The van der Waals surface area contributed by atoms with Crippen LogP contribution in [0, 0.1) is 12.8 Å². The molecule has 0 saturated carbocycles. The third kappa shape index (κ3) is 3.18. The number of aromatic nitrogens is 2. The molecule has 1 aliphatic heterocycles. The summed E-state index contributed by atoms with van der Waals surface area (Å²) in [5.41, 5.74) is 0. The summed E-state index contributed by atoms with van der Waals surface area (Å²) >= 11 is 0. The van der Waals surface area contributed by atoms with Crippen LogP contribution in [0.15, 0.2) is 12.4 Å². The summed E-state index contributed by atoms with van der Waals surface area (Å²) in [6.45, 7) is 7.64. The summed E-state index contributed by atoms with van der Waals surface area (Å²) < 4.78 is 2.01. The first-order chi connectivity index (χ1) is 9.49. The van der Waals surface area contributed by atoms with Crippen molar-refractivity contribution in [1.82, 2.24) is 19.8 Å². The molecule has 1 N–H and O–H groups in total. The highest BCUT2D eigenvalue weighted by molar-refractivity contribution is 5.90. The summed E-state index contributed by atoms with van der Waals surface area (Å²) in [5.74, 6) is 1.01. The molecule has 2 amide bonds. The predicted octanol–water partition coefficient (Wildman–Crippen LogP) is 0.565. The quantitative estimate of drug-likeness (QED) is 0.875. The van der Waals surface area contributed by atoms with Gasteiger partial charge in [-0.1, -0.05) is 13.8 Å². The number of carbonyl (C=O) groups is 2. The molecule has 0 bridgehead atoms. The van der Waals surface area contributed by atoms with E-state index in [0.717, 1.165) is 5.82 Å². The number of hydrogen-bond donors (Lipinski definition) is 1. The second kappa shape index (κ2) is 6.07. The smallest absolute Gasteiger partial charge is 0.245 e. The minimum atomic E-state index is -0.408. The van der Waals surface area contributed by atoms with Gasteiger partial charge in [0.15, 0.2) is 0 Å². The van der Waals surface area contributed by atoms with Crippen molar-refractivity contribution in [2.24, 2.45) is 5.92 Å². The van der Waals surface area contributed by atoms with Gasteiger partial charge >= 0.3 is 0 Å². The zero-order valence-electron chi connectivity index (χ0n) is 12.3. The molecule has 6 heteroatoms. The fourth-order valence-electron chi connectivity index (χ4n) is 2.39. The Hall–Kier alpha value is -1.85. The van der Waals surface area contributed by atoms with Gasteiger partial charge in [-0.25, -0.2) is 4.98 Å². The number of carbonyl (C=O) groups excluding carboxylic acids is 2. The second-order valence-electron chi connectivity index (χ2n) is 5.53. The Kier molecular flexibility index (Phi) is 4.42. The number of hydrogen-bond acceptors (Lipinski definition) is 3. The lowest BCUT2D eigenvalue weighted by Gasteiger charge is -2.26. The molecule has 2 rings (SSSR count). The lowest BCUT2D eigenvalue weighted by Crippen LogP contribution is -2.48. The first-order valence-corrected chi connectivity index (χ1v) is 7.05. The molecule has 1 saturated heterocycles. The third-order valence-corrected chi connectivity index (χ3v) is 3.70. The second-order valence-corrected chi connectivity index (χ2v) is 5.53. The molecule has 1 unspecified atom stereocenters. The largest absolute Gasteiger partial charge is 0.344 e. The molecule has 0 spiro atoms. The van der Waals surface area contributed by atoms with Crippen molar-refractivity contribution in [3.8, 4) is 0 Å². The molecule has 0 radical (unpaired) electrons. The minimum Gasteiger partial charge on any atom is -0.344 e. The van der Waals surface area contributed by atoms with Crippen molar-refractivity contribution in [3.05, 3.63) is 18.2 Å². The summed E-state index contributed by atoms with van der Waals surface area (Å²) in [6, 6.07) is -0.408. The molecule has 110 valence electrons. The number of imidazole rings is 1. The Labute approximate surface area is 119 Å². The molecule has 0 aromatic carbocycles. The monoisotopic (exact) mass is 278 g/mol. The molecule has 1 aromatic heterocycles. The van der Waals surface area contributed by atoms with Gasteiger partial charge < -0.3 is 14.8 Å². The Balaban J connectivity index is 2.04. The van der Waals surface area contributed by atoms with E-state index in [0.29, 0.717) is 26.1 Å². The minimum absolute atomic E-state index is 0.0172. The fourth-order valence-corrected chi connectivity index (χ4v) is 2.39. The Morgan fingerprint density at radius 1 is 1.40 bits per heavy atom. The van der Waals surface area contributed by atoms with Gasteiger partial charge in [0, 0.05) is 38.4 Å². The number of rotatable bonds is 4. The summed E-state index contributed by atoms with van der Waals surface area (Å²) in [6.07, 6.45) is 4.03. The van der Waals surface area contributed by atoms with Gasteiger partial charge in [0.05, 0.1) is 0 Å². The molecule has 1 atom stereocenters. The molecule has 0 aliphatic carbocycles. The Morgan fingerprint density at radius 2 is 2.15 bits per heavy atom. The summed E-state index contributed by atoms with van der Waals surface area (Å²) in [4.78, 5) is 30.1. The molecular weight excluding hydrogens is 256 g/mol. The number of amides is 2. The van der Waals surface area contributed by atoms with Gasteiger partial charge in [-0.05, 0) is 12.8 Å². The highest BCUT2D eigenvalue weighted by atomic mass is 16.2. The predicted molar refractivity (Wildman–Crippen MR) is 74.9 cm³/mol. The lowest BCUT2D eigenvalue weighted by molar-refractivity contribution is -0.134. The lowest BCUT2D eigenvalue weighted by atomic mass is 10.0. The molecular formula is C14H22N4O2. The Bertz CT molecular complexity index is 495. The van der Waals surface area contributed by atoms with Crippen molar-refractivity contribution in [2.45, 2.75) is 39.8 Å². The number of nitrogens with zero attached hydrogens (tertiary/aromatic N) is 3. The molecule has 6 nitrogen and oxygen atoms in total. The topological polar surface area (TPSA) is 67.2 Å². The van der Waals surface area contributed by atoms with E-state index in [1.165, 1.54) is 0 Å². The van der Waals surface area contributed by atoms with Crippen LogP contribution >= 0.6 is 0 Å². The number of nitrogens with one attached hydrogen (secondary N) is 1. The maximum atomic E-state index is 12.5. The normalized spacial score (nSPS) is 20.2. The van der Waals surface area contributed by atoms with Crippen molar-refractivity contribution in [2.75, 3.05) is 13.1 Å². The van der Waals surface area contributed by atoms with E-state index < -0.39 is 6.04 Å². The van der Waals surface area contributed by atoms with Crippen LogP contribution in [-0.2, 0) is 16.1 Å². The molecule has 2 heterocycles. The summed E-state index contributed by atoms with van der Waals surface area (Å²) in [7, 11) is 0. The van der Waals surface area contributed by atoms with Gasteiger partial charge in [0.1, 0.15) is 11.9 Å². The van der Waals surface area contributed by atoms with Crippen LogP contribution < -0.4 is 5.32 Å². The van der Waals surface area contributed by atoms with Crippen LogP contribution in [0.1, 0.15) is 26.1 Å². The van der Waals surface area contributed by atoms with E-state index in [1.54, 1.807) is 11.1 Å². The van der Waals surface area contributed by atoms with Crippen LogP contribution in [-0.4, -0.2) is 45.4 Å². The van der Waals surface area contributed by atoms with Gasteiger partial charge in [-0.3, -0.25) is 9.59 Å². The van der Waals surface area contributed by atoms with E-state index in [4.69, 9.17) is 0 Å². The average Bonchev–Trinajstić information content (AvgIpc) is 2.74. The van der Waals surface area contributed by atoms with E-state index in [-0.39, 0.29) is 17.7 Å². The van der Waals surface area contributed by atoms with Crippen LogP contribution in [0.3, 0.4) is 0 Å². The van der Waals surface area contributed by atoms with Crippen LogP contribution in [0.25, 0.3) is 0 Å². The first-order valence-electron chi connectivity index (χ1n) is 7.05. The molecule has 1 fully saturated rings. The van der Waals surface area contributed by atoms with E-state index >= 15 is 0 Å². The average molecular weight is 278 g/mol. The van der Waals surface area contributed by atoms with Gasteiger partial charge in [-0.2, -0.15) is 0 Å². The zero-order valence-corrected chi connectivity index (χ0v) is 12.3. The van der Waals surface area contributed by atoms with Gasteiger partial charge in [-0.15, -0.1) is 0 Å². The van der Waals surface area contributed by atoms with Crippen molar-refractivity contribution < 1.29 is 9.59 Å². The van der Waals surface area contributed by atoms with Crippen LogP contribution in [0.4, 0.5) is 0 Å². The van der Waals surface area contributed by atoms with Crippen LogP contribution in [0.2, 0.25) is 0 Å². The van der Waals surface area contributed by atoms with Crippen molar-refractivity contribution in [3.63, 3.8) is 0 Å². The molecule has 20 heavy (non-hydrogen) atoms. The third-order valence-electron chi connectivity index (χ3n) is 3.70. The summed E-state index contributed by atoms with van der Waals surface area (Å²) in [5, 5.41) is 2.81. The van der Waals surface area contributed by atoms with Crippen molar-refractivity contribution in [1.29, 1.82) is 0 Å². The van der Waals surface area contributed by atoms with Crippen LogP contribution in [0.5, 0.6) is 0 Å². The van der Waals surface area contributed by atoms with E-state index in [9.17, 15) is 9.59 Å². The zero-order chi connectivity index (χ0) is 14.7. The van der Waals surface area contributed by atoms with Crippen molar-refractivity contribution >= 4 is 11.8 Å². The number of aryl methyl sites for hydroxylation is 1. The highest BCUT2D eigenvalue weighted by Gasteiger charge is 2.31. The van der Waals surface area contributed by atoms with Gasteiger partial charge in [0.2, 0.25) is 11.8 Å². The molecule has 1 aromatic rings. The molecule has 1 aliphatic rings. The SMILES string of the molecule is Cc1nccn1CCN1CCC(=O)NC(C(C)C)C1=O. The highest BCUT2D eigenvalue weighted by Crippen LogP contribution is 2.11. The first kappa shape index (κ1) is 14.6. The van der Waals surface area contributed by atoms with Gasteiger partial charge in [0.25, 0.3) is 0 Å².